The van der Waals surface area contributed by atoms with Crippen molar-refractivity contribution in [2.24, 2.45) is 0 Å². The fraction of sp³-hybridized carbons (Fsp3) is 0.227. The maximum absolute atomic E-state index is 12.8. The van der Waals surface area contributed by atoms with Crippen molar-refractivity contribution >= 4 is 16.7 Å². The van der Waals surface area contributed by atoms with E-state index in [4.69, 9.17) is 4.42 Å². The Morgan fingerprint density at radius 2 is 1.81 bits per heavy atom. The van der Waals surface area contributed by atoms with Crippen LogP contribution in [0.15, 0.2) is 65.1 Å². The average molecular weight is 359 g/mol. The zero-order chi connectivity index (χ0) is 18.6. The van der Waals surface area contributed by atoms with E-state index in [1.165, 1.54) is 0 Å². The summed E-state index contributed by atoms with van der Waals surface area (Å²) >= 11 is 0. The molecule has 0 saturated heterocycles. The zero-order valence-corrected chi connectivity index (χ0v) is 15.3. The molecule has 5 heteroatoms. The van der Waals surface area contributed by atoms with Gasteiger partial charge in [-0.1, -0.05) is 61.9 Å². The summed E-state index contributed by atoms with van der Waals surface area (Å²) in [5, 5.41) is 9.43. The summed E-state index contributed by atoms with van der Waals surface area (Å²) < 4.78 is 7.84. The first kappa shape index (κ1) is 17.2. The lowest BCUT2D eigenvalue weighted by molar-refractivity contribution is 0.0974. The molecule has 2 aromatic heterocycles. The van der Waals surface area contributed by atoms with E-state index in [-0.39, 0.29) is 12.3 Å². The van der Waals surface area contributed by atoms with Gasteiger partial charge in [0.2, 0.25) is 5.89 Å². The third-order valence-electron chi connectivity index (χ3n) is 4.64. The van der Waals surface area contributed by atoms with E-state index in [9.17, 15) is 4.79 Å². The minimum absolute atomic E-state index is 0.0453. The van der Waals surface area contributed by atoms with Crippen molar-refractivity contribution in [1.29, 1.82) is 0 Å². The standard InChI is InChI=1S/C22H21N3O2/c1-2-3-13-21-23-24-22(27-21)19-14-17-11-7-8-12-18(17)25(19)15-20(26)16-9-5-4-6-10-16/h4-12,14H,2-3,13,15H2,1H3. The van der Waals surface area contributed by atoms with Crippen molar-refractivity contribution in [2.75, 3.05) is 0 Å². The summed E-state index contributed by atoms with van der Waals surface area (Å²) in [5.74, 6) is 1.14. The van der Waals surface area contributed by atoms with Crippen molar-refractivity contribution in [3.05, 3.63) is 72.1 Å². The third kappa shape index (κ3) is 3.53. The number of fused-ring (bicyclic) bond motifs is 1. The number of Topliss-reactive ketones (excluding diaryl/α,β-unsaturated/α-hetero) is 1. The normalized spacial score (nSPS) is 11.1. The molecule has 0 amide bonds. The maximum atomic E-state index is 12.8. The topological polar surface area (TPSA) is 60.9 Å². The highest BCUT2D eigenvalue weighted by Gasteiger charge is 2.18. The van der Waals surface area contributed by atoms with E-state index >= 15 is 0 Å². The molecular weight excluding hydrogens is 338 g/mol. The smallest absolute Gasteiger partial charge is 0.264 e. The van der Waals surface area contributed by atoms with Crippen LogP contribution in [0.1, 0.15) is 36.0 Å². The lowest BCUT2D eigenvalue weighted by Crippen LogP contribution is -2.11. The summed E-state index contributed by atoms with van der Waals surface area (Å²) in [6.07, 6.45) is 2.85. The number of carbonyl (C=O) groups is 1. The number of hydrogen-bond acceptors (Lipinski definition) is 4. The largest absolute Gasteiger partial charge is 0.419 e. The molecule has 0 radical (unpaired) electrons. The molecule has 0 atom stereocenters. The Morgan fingerprint density at radius 1 is 1.04 bits per heavy atom. The molecular formula is C22H21N3O2. The van der Waals surface area contributed by atoms with Gasteiger partial charge in [0.05, 0.1) is 6.54 Å². The van der Waals surface area contributed by atoms with Crippen molar-refractivity contribution in [1.82, 2.24) is 14.8 Å². The van der Waals surface area contributed by atoms with E-state index in [0.717, 1.165) is 35.9 Å². The molecule has 2 aromatic carbocycles. The second-order valence-corrected chi connectivity index (χ2v) is 6.57. The van der Waals surface area contributed by atoms with Crippen LogP contribution < -0.4 is 0 Å². The van der Waals surface area contributed by atoms with Crippen LogP contribution in [0.3, 0.4) is 0 Å². The van der Waals surface area contributed by atoms with Crippen LogP contribution >= 0.6 is 0 Å². The average Bonchev–Trinajstić information content (AvgIpc) is 3.32. The molecule has 136 valence electrons. The predicted octanol–water partition coefficient (Wildman–Crippen LogP) is 4.92. The molecule has 0 bridgehead atoms. The molecule has 0 spiro atoms. The van der Waals surface area contributed by atoms with E-state index in [1.54, 1.807) is 0 Å². The SMILES string of the molecule is CCCCc1nnc(-c2cc3ccccc3n2CC(=O)c2ccccc2)o1. The number of rotatable bonds is 7. The van der Waals surface area contributed by atoms with Crippen LogP contribution in [0.25, 0.3) is 22.5 Å². The fourth-order valence-corrected chi connectivity index (χ4v) is 3.20. The number of nitrogens with zero attached hydrogens (tertiary/aromatic N) is 3. The van der Waals surface area contributed by atoms with E-state index in [1.807, 2.05) is 65.2 Å². The summed E-state index contributed by atoms with van der Waals surface area (Å²) in [4.78, 5) is 12.8. The van der Waals surface area contributed by atoms with Gasteiger partial charge >= 0.3 is 0 Å². The molecule has 4 aromatic rings. The van der Waals surface area contributed by atoms with Crippen LogP contribution in [0.4, 0.5) is 0 Å². The highest BCUT2D eigenvalue weighted by Crippen LogP contribution is 2.28. The molecule has 0 N–H and O–H groups in total. The van der Waals surface area contributed by atoms with Gasteiger partial charge in [0.15, 0.2) is 5.78 Å². The quantitative estimate of drug-likeness (QED) is 0.440. The van der Waals surface area contributed by atoms with Gasteiger partial charge in [-0.15, -0.1) is 10.2 Å². The van der Waals surface area contributed by atoms with Gasteiger partial charge in [-0.3, -0.25) is 4.79 Å². The molecule has 27 heavy (non-hydrogen) atoms. The first-order valence-corrected chi connectivity index (χ1v) is 9.25. The van der Waals surface area contributed by atoms with Crippen molar-refractivity contribution < 1.29 is 9.21 Å². The fourth-order valence-electron chi connectivity index (χ4n) is 3.20. The Kier molecular flexibility index (Phi) is 4.83. The molecule has 5 nitrogen and oxygen atoms in total. The van der Waals surface area contributed by atoms with Crippen LogP contribution in [-0.2, 0) is 13.0 Å². The lowest BCUT2D eigenvalue weighted by Gasteiger charge is -2.08. The molecule has 0 aliphatic heterocycles. The van der Waals surface area contributed by atoms with Gasteiger partial charge in [-0.05, 0) is 18.6 Å². The van der Waals surface area contributed by atoms with Crippen LogP contribution in [-0.4, -0.2) is 20.5 Å². The van der Waals surface area contributed by atoms with Gasteiger partial charge in [0, 0.05) is 22.9 Å². The highest BCUT2D eigenvalue weighted by molar-refractivity contribution is 5.97. The minimum Gasteiger partial charge on any atom is -0.419 e. The van der Waals surface area contributed by atoms with Gasteiger partial charge in [0.25, 0.3) is 5.89 Å². The van der Waals surface area contributed by atoms with Gasteiger partial charge < -0.3 is 8.98 Å². The Labute approximate surface area is 157 Å². The van der Waals surface area contributed by atoms with Crippen LogP contribution in [0, 0.1) is 0 Å². The Balaban J connectivity index is 1.73. The zero-order valence-electron chi connectivity index (χ0n) is 15.3. The molecule has 0 aliphatic rings. The predicted molar refractivity (Wildman–Crippen MR) is 105 cm³/mol. The second-order valence-electron chi connectivity index (χ2n) is 6.57. The Hall–Kier alpha value is -3.21. The van der Waals surface area contributed by atoms with Gasteiger partial charge in [-0.2, -0.15) is 0 Å². The first-order chi connectivity index (χ1) is 13.3. The number of para-hydroxylation sites is 1. The maximum Gasteiger partial charge on any atom is 0.264 e. The number of carbonyl (C=O) groups excluding carboxylic acids is 1. The van der Waals surface area contributed by atoms with Crippen molar-refractivity contribution in [2.45, 2.75) is 32.7 Å². The van der Waals surface area contributed by atoms with Crippen molar-refractivity contribution in [3.8, 4) is 11.6 Å². The number of aryl methyl sites for hydroxylation is 1. The first-order valence-electron chi connectivity index (χ1n) is 9.25. The lowest BCUT2D eigenvalue weighted by atomic mass is 10.1. The molecule has 2 heterocycles. The second kappa shape index (κ2) is 7.58. The molecule has 4 rings (SSSR count). The van der Waals surface area contributed by atoms with Crippen LogP contribution in [0.2, 0.25) is 0 Å². The summed E-state index contributed by atoms with van der Waals surface area (Å²) in [6.45, 7) is 2.35. The van der Waals surface area contributed by atoms with Gasteiger partial charge in [-0.25, -0.2) is 0 Å². The monoisotopic (exact) mass is 359 g/mol. The number of ketones is 1. The molecule has 0 fully saturated rings. The number of hydrogen-bond donors (Lipinski definition) is 0. The van der Waals surface area contributed by atoms with Gasteiger partial charge in [0.1, 0.15) is 5.69 Å². The Morgan fingerprint density at radius 3 is 2.63 bits per heavy atom. The van der Waals surface area contributed by atoms with Crippen LogP contribution in [0.5, 0.6) is 0 Å². The Bertz CT molecular complexity index is 1060. The number of benzene rings is 2. The van der Waals surface area contributed by atoms with E-state index in [2.05, 4.69) is 17.1 Å². The van der Waals surface area contributed by atoms with Crippen molar-refractivity contribution in [3.63, 3.8) is 0 Å². The summed E-state index contributed by atoms with van der Waals surface area (Å²) in [5.41, 5.74) is 2.44. The highest BCUT2D eigenvalue weighted by atomic mass is 16.4. The number of aromatic nitrogens is 3. The van der Waals surface area contributed by atoms with E-state index in [0.29, 0.717) is 17.3 Å². The van der Waals surface area contributed by atoms with E-state index < -0.39 is 0 Å². The minimum atomic E-state index is 0.0453. The third-order valence-corrected chi connectivity index (χ3v) is 4.64. The summed E-state index contributed by atoms with van der Waals surface area (Å²) in [7, 11) is 0. The molecule has 0 saturated carbocycles. The number of unbranched alkanes of at least 4 members (excludes halogenated alkanes) is 1. The molecule has 0 unspecified atom stereocenters. The molecule has 0 aliphatic carbocycles. The summed E-state index contributed by atoms with van der Waals surface area (Å²) in [6, 6.07) is 19.3.